The number of methoxy groups -OCH3 is 1. The topological polar surface area (TPSA) is 48.4 Å². The maximum atomic E-state index is 12.9. The fourth-order valence-electron chi connectivity index (χ4n) is 5.56. The minimum absolute atomic E-state index is 0.0665. The Morgan fingerprint density at radius 2 is 1.87 bits per heavy atom. The first kappa shape index (κ1) is 15.1. The van der Waals surface area contributed by atoms with Crippen molar-refractivity contribution in [1.29, 1.82) is 0 Å². The Morgan fingerprint density at radius 1 is 1.22 bits per heavy atom. The molecule has 4 heteroatoms. The molecule has 1 aromatic heterocycles. The van der Waals surface area contributed by atoms with Crippen molar-refractivity contribution in [2.75, 3.05) is 13.7 Å². The molecular formula is C19H25NO3. The van der Waals surface area contributed by atoms with Crippen LogP contribution >= 0.6 is 0 Å². The van der Waals surface area contributed by atoms with Crippen molar-refractivity contribution in [3.63, 3.8) is 0 Å². The summed E-state index contributed by atoms with van der Waals surface area (Å²) in [6.45, 7) is 0.550. The summed E-state index contributed by atoms with van der Waals surface area (Å²) in [6, 6.07) is 3.70. The number of aromatic nitrogens is 1. The van der Waals surface area contributed by atoms with Gasteiger partial charge in [-0.1, -0.05) is 0 Å². The van der Waals surface area contributed by atoms with Crippen molar-refractivity contribution < 1.29 is 14.3 Å². The number of nitrogens with zero attached hydrogens (tertiary/aromatic N) is 1. The van der Waals surface area contributed by atoms with Crippen molar-refractivity contribution in [1.82, 2.24) is 4.98 Å². The highest BCUT2D eigenvalue weighted by molar-refractivity contribution is 5.86. The number of ether oxygens (including phenoxy) is 2. The summed E-state index contributed by atoms with van der Waals surface area (Å²) in [5.74, 6) is 3.42. The van der Waals surface area contributed by atoms with Gasteiger partial charge in [0.15, 0.2) is 5.78 Å². The number of pyridine rings is 1. The molecule has 4 fully saturated rings. The molecule has 0 spiro atoms. The van der Waals surface area contributed by atoms with Gasteiger partial charge in [-0.25, -0.2) is 0 Å². The predicted octanol–water partition coefficient (Wildman–Crippen LogP) is 3.39. The van der Waals surface area contributed by atoms with Crippen LogP contribution < -0.4 is 4.74 Å². The molecule has 1 heterocycles. The molecule has 0 amide bonds. The molecule has 0 atom stereocenters. The van der Waals surface area contributed by atoms with Gasteiger partial charge in [0.25, 0.3) is 0 Å². The maximum Gasteiger partial charge on any atom is 0.164 e. The Kier molecular flexibility index (Phi) is 3.88. The van der Waals surface area contributed by atoms with Gasteiger partial charge in [-0.2, -0.15) is 0 Å². The third-order valence-corrected chi connectivity index (χ3v) is 6.17. The van der Waals surface area contributed by atoms with Gasteiger partial charge in [-0.3, -0.25) is 9.78 Å². The Balaban J connectivity index is 1.37. The first-order valence-corrected chi connectivity index (χ1v) is 8.77. The number of hydrogen-bond donors (Lipinski definition) is 0. The van der Waals surface area contributed by atoms with E-state index in [1.807, 2.05) is 12.1 Å². The lowest BCUT2D eigenvalue weighted by Gasteiger charge is -2.55. The molecule has 4 aliphatic carbocycles. The quantitative estimate of drug-likeness (QED) is 0.807. The summed E-state index contributed by atoms with van der Waals surface area (Å²) in [4.78, 5) is 17.1. The van der Waals surface area contributed by atoms with E-state index in [4.69, 9.17) is 9.47 Å². The number of carbonyl (C=O) groups is 1. The van der Waals surface area contributed by atoms with Crippen LogP contribution in [0.4, 0.5) is 0 Å². The summed E-state index contributed by atoms with van der Waals surface area (Å²) in [5, 5.41) is 0. The number of carbonyl (C=O) groups excluding carboxylic acids is 1. The highest BCUT2D eigenvalue weighted by atomic mass is 16.5. The van der Waals surface area contributed by atoms with Crippen LogP contribution in [-0.2, 0) is 16.1 Å². The van der Waals surface area contributed by atoms with Crippen LogP contribution in [0.15, 0.2) is 18.3 Å². The largest absolute Gasteiger partial charge is 0.495 e. The summed E-state index contributed by atoms with van der Waals surface area (Å²) < 4.78 is 11.0. The second-order valence-corrected chi connectivity index (χ2v) is 7.77. The zero-order valence-electron chi connectivity index (χ0n) is 13.8. The SMILES string of the molecule is COc1cccnc1COCC(=O)C12CC3CC(CC(C3)C1)C2. The van der Waals surface area contributed by atoms with Crippen molar-refractivity contribution in [2.45, 2.75) is 45.1 Å². The molecule has 0 radical (unpaired) electrons. The number of hydrogen-bond acceptors (Lipinski definition) is 4. The van der Waals surface area contributed by atoms with Crippen LogP contribution in [0.3, 0.4) is 0 Å². The molecule has 5 rings (SSSR count). The summed E-state index contributed by atoms with van der Waals surface area (Å²) in [7, 11) is 1.63. The van der Waals surface area contributed by atoms with Crippen LogP contribution in [0.1, 0.15) is 44.2 Å². The Morgan fingerprint density at radius 3 is 2.48 bits per heavy atom. The van der Waals surface area contributed by atoms with Gasteiger partial charge >= 0.3 is 0 Å². The molecule has 23 heavy (non-hydrogen) atoms. The molecule has 1 aromatic rings. The molecule has 0 unspecified atom stereocenters. The summed E-state index contributed by atoms with van der Waals surface area (Å²) in [5.41, 5.74) is 0.691. The molecule has 0 N–H and O–H groups in total. The molecule has 4 aliphatic rings. The molecule has 0 aromatic carbocycles. The van der Waals surface area contributed by atoms with E-state index in [1.54, 1.807) is 13.3 Å². The Labute approximate surface area is 137 Å². The lowest BCUT2D eigenvalue weighted by molar-refractivity contribution is -0.149. The highest BCUT2D eigenvalue weighted by Gasteiger charge is 2.54. The zero-order chi connectivity index (χ0) is 15.9. The van der Waals surface area contributed by atoms with E-state index in [0.29, 0.717) is 12.4 Å². The van der Waals surface area contributed by atoms with E-state index in [2.05, 4.69) is 4.98 Å². The average molecular weight is 315 g/mol. The molecular weight excluding hydrogens is 290 g/mol. The molecule has 4 saturated carbocycles. The van der Waals surface area contributed by atoms with E-state index in [1.165, 1.54) is 19.3 Å². The van der Waals surface area contributed by atoms with Crippen LogP contribution in [0.5, 0.6) is 5.75 Å². The zero-order valence-corrected chi connectivity index (χ0v) is 13.8. The lowest BCUT2D eigenvalue weighted by atomic mass is 9.48. The monoisotopic (exact) mass is 315 g/mol. The second-order valence-electron chi connectivity index (χ2n) is 7.77. The summed E-state index contributed by atoms with van der Waals surface area (Å²) in [6.07, 6.45) is 9.12. The van der Waals surface area contributed by atoms with E-state index >= 15 is 0 Å². The normalized spacial score (nSPS) is 34.6. The second kappa shape index (κ2) is 5.90. The van der Waals surface area contributed by atoms with Gasteiger partial charge in [0, 0.05) is 11.6 Å². The van der Waals surface area contributed by atoms with E-state index in [-0.39, 0.29) is 12.0 Å². The average Bonchev–Trinajstić information content (AvgIpc) is 2.54. The Hall–Kier alpha value is -1.42. The van der Waals surface area contributed by atoms with Crippen molar-refractivity contribution in [3.8, 4) is 5.75 Å². The molecule has 4 bridgehead atoms. The standard InChI is InChI=1S/C19H25NO3/c1-22-17-3-2-4-20-16(17)11-23-12-18(21)19-8-13-5-14(9-19)7-15(6-13)10-19/h2-4,13-15H,5-12H2,1H3. The fraction of sp³-hybridized carbons (Fsp3) is 0.684. The number of ketones is 1. The van der Waals surface area contributed by atoms with Crippen molar-refractivity contribution in [2.24, 2.45) is 23.2 Å². The molecule has 0 saturated heterocycles. The molecule has 124 valence electrons. The van der Waals surface area contributed by atoms with E-state index in [9.17, 15) is 4.79 Å². The van der Waals surface area contributed by atoms with Crippen LogP contribution in [0.2, 0.25) is 0 Å². The molecule has 0 aliphatic heterocycles. The highest BCUT2D eigenvalue weighted by Crippen LogP contribution is 2.60. The van der Waals surface area contributed by atoms with Crippen molar-refractivity contribution >= 4 is 5.78 Å². The van der Waals surface area contributed by atoms with Gasteiger partial charge in [0.05, 0.1) is 13.7 Å². The van der Waals surface area contributed by atoms with Gasteiger partial charge in [0.1, 0.15) is 18.1 Å². The predicted molar refractivity (Wildman–Crippen MR) is 86.1 cm³/mol. The van der Waals surface area contributed by atoms with Gasteiger partial charge in [0.2, 0.25) is 0 Å². The van der Waals surface area contributed by atoms with E-state index < -0.39 is 0 Å². The first-order chi connectivity index (χ1) is 11.2. The number of Topliss-reactive ketones (excluding diaryl/α,β-unsaturated/α-hetero) is 1. The van der Waals surface area contributed by atoms with Gasteiger partial charge < -0.3 is 9.47 Å². The third-order valence-electron chi connectivity index (χ3n) is 6.17. The summed E-state index contributed by atoms with van der Waals surface area (Å²) >= 11 is 0. The van der Waals surface area contributed by atoms with Crippen LogP contribution in [0.25, 0.3) is 0 Å². The first-order valence-electron chi connectivity index (χ1n) is 8.77. The van der Waals surface area contributed by atoms with Gasteiger partial charge in [-0.05, 0) is 68.4 Å². The third kappa shape index (κ3) is 2.78. The molecule has 4 nitrogen and oxygen atoms in total. The fourth-order valence-corrected chi connectivity index (χ4v) is 5.56. The Bertz CT molecular complexity index is 563. The van der Waals surface area contributed by atoms with E-state index in [0.717, 1.165) is 48.5 Å². The van der Waals surface area contributed by atoms with Gasteiger partial charge in [-0.15, -0.1) is 0 Å². The van der Waals surface area contributed by atoms with Crippen molar-refractivity contribution in [3.05, 3.63) is 24.0 Å². The smallest absolute Gasteiger partial charge is 0.164 e. The minimum Gasteiger partial charge on any atom is -0.495 e. The lowest BCUT2D eigenvalue weighted by Crippen LogP contribution is -2.51. The number of rotatable bonds is 6. The van der Waals surface area contributed by atoms with Crippen LogP contribution in [0, 0.1) is 23.2 Å². The maximum absolute atomic E-state index is 12.9. The van der Waals surface area contributed by atoms with Crippen LogP contribution in [-0.4, -0.2) is 24.5 Å². The minimum atomic E-state index is -0.0665.